The molecule has 0 heterocycles. The highest BCUT2D eigenvalue weighted by Crippen LogP contribution is 2.17. The molecule has 0 aliphatic heterocycles. The molecule has 0 aliphatic rings. The zero-order chi connectivity index (χ0) is 12.0. The molecule has 0 aromatic heterocycles. The van der Waals surface area contributed by atoms with Gasteiger partial charge in [-0.05, 0) is 19.0 Å². The van der Waals surface area contributed by atoms with E-state index in [1.54, 1.807) is 6.07 Å². The van der Waals surface area contributed by atoms with Crippen molar-refractivity contribution in [1.82, 2.24) is 0 Å². The summed E-state index contributed by atoms with van der Waals surface area (Å²) >= 11 is 0. The minimum atomic E-state index is -0.504. The van der Waals surface area contributed by atoms with Gasteiger partial charge in [-0.3, -0.25) is 14.9 Å². The molecule has 1 amide bonds. The lowest BCUT2D eigenvalue weighted by Crippen LogP contribution is -2.13. The van der Waals surface area contributed by atoms with Crippen molar-refractivity contribution >= 4 is 17.3 Å². The van der Waals surface area contributed by atoms with E-state index in [0.29, 0.717) is 25.1 Å². The molecule has 3 N–H and O–H groups in total. The van der Waals surface area contributed by atoms with Crippen LogP contribution in [0.5, 0.6) is 0 Å². The molecule has 1 aromatic carbocycles. The summed E-state index contributed by atoms with van der Waals surface area (Å²) in [6.45, 7) is 0.447. The van der Waals surface area contributed by atoms with Gasteiger partial charge in [0.2, 0.25) is 5.91 Å². The van der Waals surface area contributed by atoms with Crippen LogP contribution in [0.15, 0.2) is 24.3 Å². The van der Waals surface area contributed by atoms with E-state index in [2.05, 4.69) is 5.32 Å². The molecule has 0 unspecified atom stereocenters. The molecule has 0 saturated carbocycles. The highest BCUT2D eigenvalue weighted by molar-refractivity contribution is 5.90. The van der Waals surface area contributed by atoms with Crippen molar-refractivity contribution in [3.8, 4) is 0 Å². The van der Waals surface area contributed by atoms with E-state index < -0.39 is 4.92 Å². The number of nitro groups is 1. The van der Waals surface area contributed by atoms with Crippen LogP contribution >= 0.6 is 0 Å². The van der Waals surface area contributed by atoms with Gasteiger partial charge in [0.25, 0.3) is 5.69 Å². The van der Waals surface area contributed by atoms with Gasteiger partial charge >= 0.3 is 0 Å². The quantitative estimate of drug-likeness (QED) is 0.580. The summed E-state index contributed by atoms with van der Waals surface area (Å²) < 4.78 is 0. The fourth-order valence-corrected chi connectivity index (χ4v) is 1.18. The van der Waals surface area contributed by atoms with Gasteiger partial charge in [0.1, 0.15) is 0 Å². The molecule has 1 rings (SSSR count). The standard InChI is InChI=1S/C10H13N3O3/c11-6-2-5-10(14)12-8-3-1-4-9(7-8)13(15)16/h1,3-4,7H,2,5-6,11H2,(H,12,14). The molecular weight excluding hydrogens is 210 g/mol. The van der Waals surface area contributed by atoms with E-state index in [0.717, 1.165) is 0 Å². The molecule has 6 nitrogen and oxygen atoms in total. The maximum absolute atomic E-state index is 11.3. The normalized spacial score (nSPS) is 9.81. The Morgan fingerprint density at radius 3 is 2.88 bits per heavy atom. The van der Waals surface area contributed by atoms with Crippen molar-refractivity contribution in [2.24, 2.45) is 5.73 Å². The van der Waals surface area contributed by atoms with Crippen LogP contribution in [0, 0.1) is 10.1 Å². The van der Waals surface area contributed by atoms with Crippen molar-refractivity contribution in [3.05, 3.63) is 34.4 Å². The van der Waals surface area contributed by atoms with Gasteiger partial charge in [-0.2, -0.15) is 0 Å². The molecule has 0 bridgehead atoms. The molecule has 0 saturated heterocycles. The summed E-state index contributed by atoms with van der Waals surface area (Å²) in [5.41, 5.74) is 5.65. The molecular formula is C10H13N3O3. The van der Waals surface area contributed by atoms with Gasteiger partial charge in [-0.15, -0.1) is 0 Å². The summed E-state index contributed by atoms with van der Waals surface area (Å²) in [4.78, 5) is 21.3. The SMILES string of the molecule is NCCCC(=O)Nc1cccc([N+](=O)[O-])c1. The van der Waals surface area contributed by atoms with Gasteiger partial charge in [0, 0.05) is 24.2 Å². The van der Waals surface area contributed by atoms with Crippen molar-refractivity contribution in [2.45, 2.75) is 12.8 Å². The number of hydrogen-bond acceptors (Lipinski definition) is 4. The molecule has 1 aromatic rings. The third-order valence-electron chi connectivity index (χ3n) is 1.95. The van der Waals surface area contributed by atoms with E-state index in [-0.39, 0.29) is 11.6 Å². The molecule has 6 heteroatoms. The lowest BCUT2D eigenvalue weighted by atomic mass is 10.2. The summed E-state index contributed by atoms with van der Waals surface area (Å²) in [6.07, 6.45) is 0.917. The Balaban J connectivity index is 2.63. The van der Waals surface area contributed by atoms with Crippen LogP contribution in [0.2, 0.25) is 0 Å². The van der Waals surface area contributed by atoms with Gasteiger partial charge < -0.3 is 11.1 Å². The largest absolute Gasteiger partial charge is 0.330 e. The monoisotopic (exact) mass is 223 g/mol. The minimum absolute atomic E-state index is 0.0448. The lowest BCUT2D eigenvalue weighted by molar-refractivity contribution is -0.384. The number of benzene rings is 1. The first-order chi connectivity index (χ1) is 7.63. The number of nitrogens with two attached hydrogens (primary N) is 1. The number of non-ortho nitro benzene ring substituents is 1. The van der Waals surface area contributed by atoms with E-state index in [1.807, 2.05) is 0 Å². The van der Waals surface area contributed by atoms with E-state index >= 15 is 0 Å². The summed E-state index contributed by atoms with van der Waals surface area (Å²) in [5.74, 6) is -0.189. The Bertz CT molecular complexity index is 393. The zero-order valence-corrected chi connectivity index (χ0v) is 8.68. The van der Waals surface area contributed by atoms with E-state index in [1.165, 1.54) is 18.2 Å². The van der Waals surface area contributed by atoms with Gasteiger partial charge in [0.05, 0.1) is 4.92 Å². The third-order valence-corrected chi connectivity index (χ3v) is 1.95. The Kier molecular flexibility index (Phi) is 4.41. The first kappa shape index (κ1) is 12.1. The topological polar surface area (TPSA) is 98.3 Å². The number of carbonyl (C=O) groups excluding carboxylic acids is 1. The van der Waals surface area contributed by atoms with Gasteiger partial charge in [0.15, 0.2) is 0 Å². The number of anilines is 1. The van der Waals surface area contributed by atoms with Crippen molar-refractivity contribution in [2.75, 3.05) is 11.9 Å². The molecule has 86 valence electrons. The summed E-state index contributed by atoms with van der Waals surface area (Å²) in [6, 6.07) is 5.82. The maximum atomic E-state index is 11.3. The predicted octanol–water partition coefficient (Wildman–Crippen LogP) is 1.27. The molecule has 0 atom stereocenters. The van der Waals surface area contributed by atoms with E-state index in [9.17, 15) is 14.9 Å². The second kappa shape index (κ2) is 5.82. The van der Waals surface area contributed by atoms with Crippen LogP contribution in [0.4, 0.5) is 11.4 Å². The van der Waals surface area contributed by atoms with Crippen LogP contribution in [0.1, 0.15) is 12.8 Å². The second-order valence-corrected chi connectivity index (χ2v) is 3.25. The Morgan fingerprint density at radius 1 is 1.50 bits per heavy atom. The number of carbonyl (C=O) groups is 1. The fourth-order valence-electron chi connectivity index (χ4n) is 1.18. The third kappa shape index (κ3) is 3.66. The average Bonchev–Trinajstić information content (AvgIpc) is 2.26. The smallest absolute Gasteiger partial charge is 0.271 e. The van der Waals surface area contributed by atoms with Gasteiger partial charge in [-0.25, -0.2) is 0 Å². The number of hydrogen-bond donors (Lipinski definition) is 2. The molecule has 0 radical (unpaired) electrons. The van der Waals surface area contributed by atoms with Crippen LogP contribution in [-0.2, 0) is 4.79 Å². The van der Waals surface area contributed by atoms with Crippen molar-refractivity contribution in [1.29, 1.82) is 0 Å². The Morgan fingerprint density at radius 2 is 2.25 bits per heavy atom. The number of nitro benzene ring substituents is 1. The Labute approximate surface area is 92.6 Å². The highest BCUT2D eigenvalue weighted by Gasteiger charge is 2.07. The number of nitrogens with one attached hydrogen (secondary N) is 1. The number of nitrogens with zero attached hydrogens (tertiary/aromatic N) is 1. The van der Waals surface area contributed by atoms with Crippen LogP contribution < -0.4 is 11.1 Å². The van der Waals surface area contributed by atoms with Gasteiger partial charge in [-0.1, -0.05) is 6.07 Å². The average molecular weight is 223 g/mol. The first-order valence-corrected chi connectivity index (χ1v) is 4.88. The van der Waals surface area contributed by atoms with Crippen LogP contribution in [0.25, 0.3) is 0 Å². The van der Waals surface area contributed by atoms with Crippen LogP contribution in [0.3, 0.4) is 0 Å². The fraction of sp³-hybridized carbons (Fsp3) is 0.300. The van der Waals surface area contributed by atoms with E-state index in [4.69, 9.17) is 5.73 Å². The summed E-state index contributed by atoms with van der Waals surface area (Å²) in [7, 11) is 0. The molecule has 0 aliphatic carbocycles. The first-order valence-electron chi connectivity index (χ1n) is 4.88. The second-order valence-electron chi connectivity index (χ2n) is 3.25. The highest BCUT2D eigenvalue weighted by atomic mass is 16.6. The predicted molar refractivity (Wildman–Crippen MR) is 60.0 cm³/mol. The lowest BCUT2D eigenvalue weighted by Gasteiger charge is -2.03. The van der Waals surface area contributed by atoms with Crippen molar-refractivity contribution in [3.63, 3.8) is 0 Å². The van der Waals surface area contributed by atoms with Crippen LogP contribution in [-0.4, -0.2) is 17.4 Å². The molecule has 0 spiro atoms. The van der Waals surface area contributed by atoms with Crippen molar-refractivity contribution < 1.29 is 9.72 Å². The summed E-state index contributed by atoms with van der Waals surface area (Å²) in [5, 5.41) is 13.1. The Hall–Kier alpha value is -1.95. The zero-order valence-electron chi connectivity index (χ0n) is 8.68. The number of rotatable bonds is 5. The molecule has 16 heavy (non-hydrogen) atoms. The number of amides is 1. The molecule has 0 fully saturated rings. The maximum Gasteiger partial charge on any atom is 0.271 e. The minimum Gasteiger partial charge on any atom is -0.330 e.